The summed E-state index contributed by atoms with van der Waals surface area (Å²) in [5.41, 5.74) is 2.18. The standard InChI is InChI=1S/C20H17ClFN3O2S/c1-12-17(28-20(24-12)13-2-6-15(22)7-3-13)10-11-23-18(26)19(27)25-16-8-4-14(21)5-9-16/h2-9H,10-11H2,1H3,(H,23,26)(H,25,27). The van der Waals surface area contributed by atoms with Gasteiger partial charge in [-0.2, -0.15) is 0 Å². The minimum absolute atomic E-state index is 0.295. The van der Waals surface area contributed by atoms with E-state index in [0.717, 1.165) is 21.1 Å². The summed E-state index contributed by atoms with van der Waals surface area (Å²) in [6.07, 6.45) is 0.546. The first-order valence-electron chi connectivity index (χ1n) is 8.49. The maximum Gasteiger partial charge on any atom is 0.313 e. The van der Waals surface area contributed by atoms with Crippen LogP contribution in [0.5, 0.6) is 0 Å². The van der Waals surface area contributed by atoms with Crippen LogP contribution in [-0.4, -0.2) is 23.3 Å². The Hall–Kier alpha value is -2.77. The van der Waals surface area contributed by atoms with Crippen molar-refractivity contribution < 1.29 is 14.0 Å². The number of carbonyl (C=O) groups is 2. The fourth-order valence-electron chi connectivity index (χ4n) is 2.47. The van der Waals surface area contributed by atoms with Gasteiger partial charge in [0.15, 0.2) is 0 Å². The molecule has 1 heterocycles. The van der Waals surface area contributed by atoms with Crippen LogP contribution in [0.4, 0.5) is 10.1 Å². The molecule has 8 heteroatoms. The maximum atomic E-state index is 13.1. The summed E-state index contributed by atoms with van der Waals surface area (Å²) in [5, 5.41) is 6.44. The molecule has 5 nitrogen and oxygen atoms in total. The normalized spacial score (nSPS) is 10.5. The van der Waals surface area contributed by atoms with Gasteiger partial charge < -0.3 is 10.6 Å². The lowest BCUT2D eigenvalue weighted by molar-refractivity contribution is -0.136. The predicted molar refractivity (Wildman–Crippen MR) is 109 cm³/mol. The van der Waals surface area contributed by atoms with E-state index in [9.17, 15) is 14.0 Å². The number of thiazole rings is 1. The first kappa shape index (κ1) is 20.0. The van der Waals surface area contributed by atoms with E-state index in [2.05, 4.69) is 15.6 Å². The van der Waals surface area contributed by atoms with Crippen LogP contribution in [-0.2, 0) is 16.0 Å². The summed E-state index contributed by atoms with van der Waals surface area (Å²) < 4.78 is 13.1. The Bertz CT molecular complexity index is 988. The summed E-state index contributed by atoms with van der Waals surface area (Å²) in [7, 11) is 0. The van der Waals surface area contributed by atoms with Crippen LogP contribution >= 0.6 is 22.9 Å². The quantitative estimate of drug-likeness (QED) is 0.611. The Kier molecular flexibility index (Phi) is 6.38. The topological polar surface area (TPSA) is 71.1 Å². The number of carbonyl (C=O) groups excluding carboxylic acids is 2. The molecule has 0 spiro atoms. The van der Waals surface area contributed by atoms with E-state index < -0.39 is 11.8 Å². The Balaban J connectivity index is 1.53. The SMILES string of the molecule is Cc1nc(-c2ccc(F)cc2)sc1CCNC(=O)C(=O)Nc1ccc(Cl)cc1. The van der Waals surface area contributed by atoms with Crippen LogP contribution in [0.3, 0.4) is 0 Å². The van der Waals surface area contributed by atoms with Crippen molar-refractivity contribution in [1.82, 2.24) is 10.3 Å². The minimum atomic E-state index is -0.740. The maximum absolute atomic E-state index is 13.1. The minimum Gasteiger partial charge on any atom is -0.347 e. The number of benzene rings is 2. The average Bonchev–Trinajstić information content (AvgIpc) is 3.04. The van der Waals surface area contributed by atoms with E-state index in [4.69, 9.17) is 11.6 Å². The van der Waals surface area contributed by atoms with Crippen LogP contribution in [0.1, 0.15) is 10.6 Å². The summed E-state index contributed by atoms with van der Waals surface area (Å²) in [6.45, 7) is 2.19. The molecule has 0 bridgehead atoms. The number of aryl methyl sites for hydroxylation is 1. The molecule has 3 rings (SSSR count). The van der Waals surface area contributed by atoms with Crippen molar-refractivity contribution in [3.63, 3.8) is 0 Å². The molecule has 144 valence electrons. The van der Waals surface area contributed by atoms with Gasteiger partial charge in [-0.3, -0.25) is 9.59 Å². The number of aromatic nitrogens is 1. The van der Waals surface area contributed by atoms with E-state index >= 15 is 0 Å². The monoisotopic (exact) mass is 417 g/mol. The third kappa shape index (κ3) is 5.15. The van der Waals surface area contributed by atoms with Crippen molar-refractivity contribution in [3.05, 3.63) is 69.9 Å². The molecule has 0 unspecified atom stereocenters. The third-order valence-corrected chi connectivity index (χ3v) is 5.45. The Labute approximate surface area is 170 Å². The molecule has 2 amide bonds. The van der Waals surface area contributed by atoms with Gasteiger partial charge in [0.05, 0.1) is 5.69 Å². The highest BCUT2D eigenvalue weighted by molar-refractivity contribution is 7.15. The van der Waals surface area contributed by atoms with E-state index in [-0.39, 0.29) is 5.82 Å². The summed E-state index contributed by atoms with van der Waals surface area (Å²) in [4.78, 5) is 29.4. The molecule has 0 aliphatic heterocycles. The molecular weight excluding hydrogens is 401 g/mol. The molecule has 0 radical (unpaired) electrons. The molecule has 2 N–H and O–H groups in total. The van der Waals surface area contributed by atoms with Crippen LogP contribution in [0.15, 0.2) is 48.5 Å². The Morgan fingerprint density at radius 2 is 1.75 bits per heavy atom. The number of hydrogen-bond acceptors (Lipinski definition) is 4. The van der Waals surface area contributed by atoms with Crippen molar-refractivity contribution in [2.75, 3.05) is 11.9 Å². The predicted octanol–water partition coefficient (Wildman–Crippen LogP) is 4.21. The van der Waals surface area contributed by atoms with Gasteiger partial charge in [-0.15, -0.1) is 11.3 Å². The van der Waals surface area contributed by atoms with Crippen LogP contribution in [0.25, 0.3) is 10.6 Å². The highest BCUT2D eigenvalue weighted by Gasteiger charge is 2.14. The number of hydrogen-bond donors (Lipinski definition) is 2. The van der Waals surface area contributed by atoms with E-state index in [1.165, 1.54) is 23.5 Å². The van der Waals surface area contributed by atoms with Gasteiger partial charge in [0.25, 0.3) is 0 Å². The summed E-state index contributed by atoms with van der Waals surface area (Å²) >= 11 is 7.27. The van der Waals surface area contributed by atoms with Crippen LogP contribution in [0.2, 0.25) is 5.02 Å². The molecule has 0 aliphatic rings. The number of nitrogens with zero attached hydrogens (tertiary/aromatic N) is 1. The zero-order valence-corrected chi connectivity index (χ0v) is 16.5. The molecule has 0 atom stereocenters. The molecular formula is C20H17ClFN3O2S. The number of nitrogens with one attached hydrogen (secondary N) is 2. The largest absolute Gasteiger partial charge is 0.347 e. The highest BCUT2D eigenvalue weighted by atomic mass is 35.5. The first-order chi connectivity index (χ1) is 13.4. The Morgan fingerprint density at radius 3 is 2.43 bits per heavy atom. The molecule has 0 saturated heterocycles. The second-order valence-electron chi connectivity index (χ2n) is 6.00. The Morgan fingerprint density at radius 1 is 1.07 bits per heavy atom. The van der Waals surface area contributed by atoms with Gasteiger partial charge in [0.1, 0.15) is 10.8 Å². The number of anilines is 1. The number of amides is 2. The summed E-state index contributed by atoms with van der Waals surface area (Å²) in [6, 6.07) is 12.6. The first-order valence-corrected chi connectivity index (χ1v) is 9.69. The van der Waals surface area contributed by atoms with Crippen LogP contribution < -0.4 is 10.6 Å². The van der Waals surface area contributed by atoms with Crippen molar-refractivity contribution in [1.29, 1.82) is 0 Å². The van der Waals surface area contributed by atoms with Crippen molar-refractivity contribution >= 4 is 40.4 Å². The van der Waals surface area contributed by atoms with E-state index in [0.29, 0.717) is 23.7 Å². The van der Waals surface area contributed by atoms with E-state index in [1.807, 2.05) is 6.92 Å². The second-order valence-corrected chi connectivity index (χ2v) is 7.52. The lowest BCUT2D eigenvalue weighted by Crippen LogP contribution is -2.36. The highest BCUT2D eigenvalue weighted by Crippen LogP contribution is 2.28. The lowest BCUT2D eigenvalue weighted by atomic mass is 10.2. The van der Waals surface area contributed by atoms with E-state index in [1.54, 1.807) is 36.4 Å². The van der Waals surface area contributed by atoms with Crippen molar-refractivity contribution in [2.45, 2.75) is 13.3 Å². The van der Waals surface area contributed by atoms with Crippen molar-refractivity contribution in [3.8, 4) is 10.6 Å². The van der Waals surface area contributed by atoms with Gasteiger partial charge in [0.2, 0.25) is 0 Å². The molecule has 0 aliphatic carbocycles. The molecule has 2 aromatic carbocycles. The summed E-state index contributed by atoms with van der Waals surface area (Å²) in [5.74, 6) is -1.75. The van der Waals surface area contributed by atoms with Gasteiger partial charge in [-0.05, 0) is 55.5 Å². The van der Waals surface area contributed by atoms with Gasteiger partial charge in [0, 0.05) is 34.1 Å². The van der Waals surface area contributed by atoms with Crippen molar-refractivity contribution in [2.24, 2.45) is 0 Å². The van der Waals surface area contributed by atoms with Gasteiger partial charge in [-0.1, -0.05) is 11.6 Å². The smallest absolute Gasteiger partial charge is 0.313 e. The molecule has 0 fully saturated rings. The fourth-order valence-corrected chi connectivity index (χ4v) is 3.66. The molecule has 3 aromatic rings. The zero-order valence-electron chi connectivity index (χ0n) is 15.0. The molecule has 1 aromatic heterocycles. The second kappa shape index (κ2) is 8.95. The average molecular weight is 418 g/mol. The van der Waals surface area contributed by atoms with Gasteiger partial charge in [-0.25, -0.2) is 9.37 Å². The van der Waals surface area contributed by atoms with Crippen LogP contribution in [0, 0.1) is 12.7 Å². The fraction of sp³-hybridized carbons (Fsp3) is 0.150. The molecule has 0 saturated carbocycles. The number of rotatable bonds is 5. The molecule has 28 heavy (non-hydrogen) atoms. The lowest BCUT2D eigenvalue weighted by Gasteiger charge is -2.06. The number of halogens is 2. The third-order valence-electron chi connectivity index (χ3n) is 3.93. The van der Waals surface area contributed by atoms with Gasteiger partial charge >= 0.3 is 11.8 Å². The zero-order chi connectivity index (χ0) is 20.1.